The van der Waals surface area contributed by atoms with E-state index in [1.54, 1.807) is 13.2 Å². The highest BCUT2D eigenvalue weighted by Crippen LogP contribution is 2.32. The summed E-state index contributed by atoms with van der Waals surface area (Å²) >= 11 is 6.19. The number of halogens is 1. The third-order valence-corrected chi connectivity index (χ3v) is 5.71. The van der Waals surface area contributed by atoms with Crippen molar-refractivity contribution < 1.29 is 4.79 Å². The van der Waals surface area contributed by atoms with Gasteiger partial charge < -0.3 is 9.80 Å². The number of hydrogen-bond acceptors (Lipinski definition) is 5. The minimum absolute atomic E-state index is 0.0324. The molecule has 1 aliphatic carbocycles. The standard InChI is InChI=1S/C16H22ClN5O2/c1-19-16(24)14(17)13(10-18-19)21-8-6-20(7-9-21)12-4-5-22(15(12)23)11-2-3-11/h10-12H,2-9H2,1H3. The Morgan fingerprint density at radius 2 is 1.79 bits per heavy atom. The first-order chi connectivity index (χ1) is 11.6. The summed E-state index contributed by atoms with van der Waals surface area (Å²) in [5, 5.41) is 4.28. The zero-order valence-electron chi connectivity index (χ0n) is 13.8. The van der Waals surface area contributed by atoms with E-state index in [1.165, 1.54) is 17.5 Å². The Hall–Kier alpha value is -1.60. The summed E-state index contributed by atoms with van der Waals surface area (Å²) in [6.07, 6.45) is 4.92. The molecule has 130 valence electrons. The number of aromatic nitrogens is 2. The zero-order chi connectivity index (χ0) is 16.8. The van der Waals surface area contributed by atoms with Crippen molar-refractivity contribution in [3.63, 3.8) is 0 Å². The van der Waals surface area contributed by atoms with Crippen LogP contribution in [0, 0.1) is 0 Å². The first-order valence-electron chi connectivity index (χ1n) is 8.57. The van der Waals surface area contributed by atoms with Gasteiger partial charge in [-0.2, -0.15) is 5.10 Å². The summed E-state index contributed by atoms with van der Waals surface area (Å²) in [4.78, 5) is 30.9. The molecule has 1 aromatic heterocycles. The Morgan fingerprint density at radius 3 is 2.46 bits per heavy atom. The van der Waals surface area contributed by atoms with Crippen molar-refractivity contribution in [2.45, 2.75) is 31.3 Å². The van der Waals surface area contributed by atoms with E-state index in [0.29, 0.717) is 17.6 Å². The van der Waals surface area contributed by atoms with Gasteiger partial charge in [0, 0.05) is 45.8 Å². The van der Waals surface area contributed by atoms with Crippen molar-refractivity contribution in [3.8, 4) is 0 Å². The fourth-order valence-electron chi connectivity index (χ4n) is 3.77. The largest absolute Gasteiger partial charge is 0.366 e. The maximum atomic E-state index is 12.6. The van der Waals surface area contributed by atoms with Gasteiger partial charge in [0.25, 0.3) is 5.56 Å². The molecule has 1 aromatic rings. The predicted octanol–water partition coefficient (Wildman–Crippen LogP) is 0.319. The monoisotopic (exact) mass is 351 g/mol. The number of amides is 1. The lowest BCUT2D eigenvalue weighted by molar-refractivity contribution is -0.132. The number of piperazine rings is 1. The summed E-state index contributed by atoms with van der Waals surface area (Å²) in [7, 11) is 1.59. The topological polar surface area (TPSA) is 61.7 Å². The van der Waals surface area contributed by atoms with Crippen molar-refractivity contribution in [1.29, 1.82) is 0 Å². The second-order valence-electron chi connectivity index (χ2n) is 6.86. The van der Waals surface area contributed by atoms with Crippen molar-refractivity contribution in [3.05, 3.63) is 21.6 Å². The predicted molar refractivity (Wildman–Crippen MR) is 91.4 cm³/mol. The van der Waals surface area contributed by atoms with Crippen LogP contribution in [-0.4, -0.2) is 70.3 Å². The van der Waals surface area contributed by atoms with Crippen molar-refractivity contribution in [2.24, 2.45) is 7.05 Å². The number of rotatable bonds is 3. The quantitative estimate of drug-likeness (QED) is 0.785. The van der Waals surface area contributed by atoms with Gasteiger partial charge in [0.1, 0.15) is 5.02 Å². The molecule has 1 saturated carbocycles. The lowest BCUT2D eigenvalue weighted by Gasteiger charge is -2.38. The number of anilines is 1. The van der Waals surface area contributed by atoms with Crippen LogP contribution in [0.3, 0.4) is 0 Å². The molecule has 0 aromatic carbocycles. The first-order valence-corrected chi connectivity index (χ1v) is 8.95. The highest BCUT2D eigenvalue weighted by Gasteiger charge is 2.43. The molecule has 2 aliphatic heterocycles. The van der Waals surface area contributed by atoms with E-state index in [1.807, 2.05) is 0 Å². The van der Waals surface area contributed by atoms with Gasteiger partial charge in [-0.15, -0.1) is 0 Å². The molecule has 2 saturated heterocycles. The average Bonchev–Trinajstić information content (AvgIpc) is 3.36. The maximum absolute atomic E-state index is 12.6. The molecule has 1 amide bonds. The molecule has 3 heterocycles. The minimum Gasteiger partial charge on any atom is -0.366 e. The Bertz CT molecular complexity index is 709. The number of nitrogens with zero attached hydrogens (tertiary/aromatic N) is 5. The number of hydrogen-bond donors (Lipinski definition) is 0. The third-order valence-electron chi connectivity index (χ3n) is 5.35. The van der Waals surface area contributed by atoms with Crippen LogP contribution in [-0.2, 0) is 11.8 Å². The van der Waals surface area contributed by atoms with E-state index in [2.05, 4.69) is 19.8 Å². The molecule has 24 heavy (non-hydrogen) atoms. The number of carbonyl (C=O) groups is 1. The van der Waals surface area contributed by atoms with Crippen molar-refractivity contribution in [1.82, 2.24) is 19.6 Å². The molecular formula is C16H22ClN5O2. The van der Waals surface area contributed by atoms with Gasteiger partial charge in [-0.3, -0.25) is 14.5 Å². The van der Waals surface area contributed by atoms with Crippen LogP contribution in [0.15, 0.2) is 11.0 Å². The smallest absolute Gasteiger partial charge is 0.287 e. The number of carbonyl (C=O) groups excluding carboxylic acids is 1. The SMILES string of the molecule is Cn1ncc(N2CCN(C3CCN(C4CC4)C3=O)CC2)c(Cl)c1=O. The Kier molecular flexibility index (Phi) is 4.00. The van der Waals surface area contributed by atoms with Crippen LogP contribution in [0.25, 0.3) is 0 Å². The molecule has 1 unspecified atom stereocenters. The van der Waals surface area contributed by atoms with Crippen LogP contribution < -0.4 is 10.5 Å². The molecule has 7 nitrogen and oxygen atoms in total. The number of likely N-dealkylation sites (tertiary alicyclic amines) is 1. The van der Waals surface area contributed by atoms with Gasteiger partial charge >= 0.3 is 0 Å². The minimum atomic E-state index is -0.275. The molecule has 0 bridgehead atoms. The lowest BCUT2D eigenvalue weighted by Crippen LogP contribution is -2.53. The normalized spacial score (nSPS) is 25.6. The Labute approximate surface area is 145 Å². The first kappa shape index (κ1) is 15.9. The van der Waals surface area contributed by atoms with E-state index in [-0.39, 0.29) is 16.6 Å². The maximum Gasteiger partial charge on any atom is 0.287 e. The highest BCUT2D eigenvalue weighted by molar-refractivity contribution is 6.33. The molecule has 0 spiro atoms. The molecule has 3 fully saturated rings. The fraction of sp³-hybridized carbons (Fsp3) is 0.688. The second kappa shape index (κ2) is 6.04. The molecule has 4 rings (SSSR count). The van der Waals surface area contributed by atoms with Crippen LogP contribution in [0.1, 0.15) is 19.3 Å². The van der Waals surface area contributed by atoms with E-state index in [4.69, 9.17) is 11.6 Å². The summed E-state index contributed by atoms with van der Waals surface area (Å²) in [6, 6.07) is 0.541. The van der Waals surface area contributed by atoms with Gasteiger partial charge in [-0.05, 0) is 19.3 Å². The lowest BCUT2D eigenvalue weighted by atomic mass is 10.1. The number of aryl methyl sites for hydroxylation is 1. The van der Waals surface area contributed by atoms with Gasteiger partial charge in [0.2, 0.25) is 5.91 Å². The molecule has 0 N–H and O–H groups in total. The molecular weight excluding hydrogens is 330 g/mol. The Morgan fingerprint density at radius 1 is 1.08 bits per heavy atom. The molecule has 8 heteroatoms. The van der Waals surface area contributed by atoms with Crippen LogP contribution in [0.4, 0.5) is 5.69 Å². The van der Waals surface area contributed by atoms with E-state index < -0.39 is 0 Å². The van der Waals surface area contributed by atoms with Gasteiger partial charge in [-0.1, -0.05) is 11.6 Å². The summed E-state index contributed by atoms with van der Waals surface area (Å²) in [5.41, 5.74) is 0.416. The van der Waals surface area contributed by atoms with Gasteiger partial charge in [-0.25, -0.2) is 4.68 Å². The summed E-state index contributed by atoms with van der Waals surface area (Å²) in [5.74, 6) is 0.305. The average molecular weight is 352 g/mol. The van der Waals surface area contributed by atoms with E-state index in [9.17, 15) is 9.59 Å². The summed E-state index contributed by atoms with van der Waals surface area (Å²) in [6.45, 7) is 4.02. The Balaban J connectivity index is 1.41. The summed E-state index contributed by atoms with van der Waals surface area (Å²) < 4.78 is 1.24. The van der Waals surface area contributed by atoms with Crippen molar-refractivity contribution in [2.75, 3.05) is 37.6 Å². The molecule has 1 atom stereocenters. The third kappa shape index (κ3) is 2.69. The van der Waals surface area contributed by atoms with Crippen molar-refractivity contribution >= 4 is 23.2 Å². The van der Waals surface area contributed by atoms with Crippen LogP contribution >= 0.6 is 11.6 Å². The van der Waals surface area contributed by atoms with E-state index in [0.717, 1.165) is 39.1 Å². The van der Waals surface area contributed by atoms with Crippen LogP contribution in [0.5, 0.6) is 0 Å². The van der Waals surface area contributed by atoms with E-state index >= 15 is 0 Å². The van der Waals surface area contributed by atoms with Gasteiger partial charge in [0.15, 0.2) is 0 Å². The van der Waals surface area contributed by atoms with Gasteiger partial charge in [0.05, 0.1) is 17.9 Å². The fourth-order valence-corrected chi connectivity index (χ4v) is 4.06. The molecule has 3 aliphatic rings. The zero-order valence-corrected chi connectivity index (χ0v) is 14.6. The molecule has 0 radical (unpaired) electrons. The highest BCUT2D eigenvalue weighted by atomic mass is 35.5. The second-order valence-corrected chi connectivity index (χ2v) is 7.24. The van der Waals surface area contributed by atoms with Crippen LogP contribution in [0.2, 0.25) is 5.02 Å².